The third-order valence-corrected chi connectivity index (χ3v) is 3.86. The average molecular weight is 297 g/mol. The molecule has 22 heavy (non-hydrogen) atoms. The van der Waals surface area contributed by atoms with Crippen molar-refractivity contribution < 1.29 is 13.8 Å². The van der Waals surface area contributed by atoms with Crippen LogP contribution in [0.3, 0.4) is 0 Å². The molecular weight excluding hydrogens is 282 g/mol. The Kier molecular flexibility index (Phi) is 3.23. The summed E-state index contributed by atoms with van der Waals surface area (Å²) < 4.78 is 16.2. The summed E-state index contributed by atoms with van der Waals surface area (Å²) in [6.07, 6.45) is 0.924. The number of nitrogens with zero attached hydrogens (tertiary/aromatic N) is 3. The van der Waals surface area contributed by atoms with E-state index in [0.717, 1.165) is 29.8 Å². The SMILES string of the molecule is Cc1onc(-c2ccccc2)c1-c1nc([C@H]2CCOC2)no1. The van der Waals surface area contributed by atoms with E-state index < -0.39 is 0 Å². The Morgan fingerprint density at radius 3 is 2.73 bits per heavy atom. The van der Waals surface area contributed by atoms with Crippen molar-refractivity contribution in [1.82, 2.24) is 15.3 Å². The van der Waals surface area contributed by atoms with Gasteiger partial charge >= 0.3 is 0 Å². The lowest BCUT2D eigenvalue weighted by Gasteiger charge is -1.99. The van der Waals surface area contributed by atoms with Gasteiger partial charge in [0, 0.05) is 18.1 Å². The van der Waals surface area contributed by atoms with Gasteiger partial charge in [0.05, 0.1) is 6.61 Å². The molecule has 3 aromatic rings. The molecule has 0 spiro atoms. The minimum Gasteiger partial charge on any atom is -0.381 e. The Labute approximate surface area is 127 Å². The van der Waals surface area contributed by atoms with Crippen LogP contribution in [0.1, 0.15) is 23.9 Å². The van der Waals surface area contributed by atoms with Gasteiger partial charge in [-0.1, -0.05) is 40.6 Å². The van der Waals surface area contributed by atoms with Crippen molar-refractivity contribution in [2.24, 2.45) is 0 Å². The maximum Gasteiger partial charge on any atom is 0.263 e. The molecule has 1 aliphatic rings. The van der Waals surface area contributed by atoms with E-state index in [9.17, 15) is 0 Å². The first-order valence-electron chi connectivity index (χ1n) is 7.26. The van der Waals surface area contributed by atoms with Gasteiger partial charge in [0.1, 0.15) is 17.0 Å². The van der Waals surface area contributed by atoms with E-state index in [4.69, 9.17) is 13.8 Å². The second-order valence-corrected chi connectivity index (χ2v) is 5.35. The summed E-state index contributed by atoms with van der Waals surface area (Å²) in [7, 11) is 0. The summed E-state index contributed by atoms with van der Waals surface area (Å²) in [4.78, 5) is 4.52. The molecule has 6 heteroatoms. The van der Waals surface area contributed by atoms with E-state index in [1.165, 1.54) is 0 Å². The van der Waals surface area contributed by atoms with E-state index in [1.807, 2.05) is 37.3 Å². The molecule has 1 atom stereocenters. The molecule has 0 amide bonds. The molecule has 4 rings (SSSR count). The predicted octanol–water partition coefficient (Wildman–Crippen LogP) is 3.20. The van der Waals surface area contributed by atoms with Crippen LogP contribution < -0.4 is 0 Å². The van der Waals surface area contributed by atoms with Gasteiger partial charge in [0.2, 0.25) is 0 Å². The molecular formula is C16H15N3O3. The molecule has 112 valence electrons. The summed E-state index contributed by atoms with van der Waals surface area (Å²) in [5, 5.41) is 8.24. The van der Waals surface area contributed by atoms with Gasteiger partial charge < -0.3 is 13.8 Å². The van der Waals surface area contributed by atoms with Gasteiger partial charge in [0.15, 0.2) is 5.82 Å². The zero-order valence-corrected chi connectivity index (χ0v) is 12.2. The fourth-order valence-corrected chi connectivity index (χ4v) is 2.66. The lowest BCUT2D eigenvalue weighted by atomic mass is 10.1. The van der Waals surface area contributed by atoms with Crippen LogP contribution in [0.25, 0.3) is 22.7 Å². The molecule has 0 bridgehead atoms. The third kappa shape index (κ3) is 2.21. The zero-order chi connectivity index (χ0) is 14.9. The Balaban J connectivity index is 1.75. The first kappa shape index (κ1) is 13.2. The fourth-order valence-electron chi connectivity index (χ4n) is 2.66. The highest BCUT2D eigenvalue weighted by Crippen LogP contribution is 2.34. The van der Waals surface area contributed by atoms with Crippen molar-refractivity contribution in [2.75, 3.05) is 13.2 Å². The number of benzene rings is 1. The summed E-state index contributed by atoms with van der Waals surface area (Å²) in [6, 6.07) is 9.82. The summed E-state index contributed by atoms with van der Waals surface area (Å²) in [5.74, 6) is 2.00. The van der Waals surface area contributed by atoms with Gasteiger partial charge in [-0.2, -0.15) is 4.98 Å². The van der Waals surface area contributed by atoms with Crippen LogP contribution in [0, 0.1) is 6.92 Å². The molecule has 1 saturated heterocycles. The first-order valence-corrected chi connectivity index (χ1v) is 7.26. The number of rotatable bonds is 3. The molecule has 0 aliphatic carbocycles. The second-order valence-electron chi connectivity index (χ2n) is 5.35. The molecule has 0 radical (unpaired) electrons. The summed E-state index contributed by atoms with van der Waals surface area (Å²) in [6.45, 7) is 3.24. The van der Waals surface area contributed by atoms with Crippen molar-refractivity contribution in [1.29, 1.82) is 0 Å². The Hall–Kier alpha value is -2.47. The Morgan fingerprint density at radius 2 is 1.95 bits per heavy atom. The van der Waals surface area contributed by atoms with Crippen LogP contribution in [0.15, 0.2) is 39.4 Å². The largest absolute Gasteiger partial charge is 0.381 e. The van der Waals surface area contributed by atoms with Crippen LogP contribution in [-0.4, -0.2) is 28.5 Å². The smallest absolute Gasteiger partial charge is 0.263 e. The van der Waals surface area contributed by atoms with Gasteiger partial charge in [0.25, 0.3) is 5.89 Å². The lowest BCUT2D eigenvalue weighted by molar-refractivity contribution is 0.192. The van der Waals surface area contributed by atoms with E-state index in [-0.39, 0.29) is 5.92 Å². The number of aromatic nitrogens is 3. The highest BCUT2D eigenvalue weighted by atomic mass is 16.5. The topological polar surface area (TPSA) is 74.2 Å². The van der Waals surface area contributed by atoms with E-state index >= 15 is 0 Å². The van der Waals surface area contributed by atoms with Crippen LogP contribution in [0.5, 0.6) is 0 Å². The third-order valence-electron chi connectivity index (χ3n) is 3.86. The van der Waals surface area contributed by atoms with Gasteiger partial charge in [-0.3, -0.25) is 0 Å². The standard InChI is InChI=1S/C16H15N3O3/c1-10-13(14(18-21-10)11-5-3-2-4-6-11)16-17-15(19-22-16)12-7-8-20-9-12/h2-6,12H,7-9H2,1H3/t12-/m0/s1. The van der Waals surface area contributed by atoms with Crippen molar-refractivity contribution in [3.8, 4) is 22.7 Å². The average Bonchev–Trinajstić information content (AvgIpc) is 3.27. The summed E-state index contributed by atoms with van der Waals surface area (Å²) >= 11 is 0. The zero-order valence-electron chi connectivity index (χ0n) is 12.2. The lowest BCUT2D eigenvalue weighted by Crippen LogP contribution is -1.99. The molecule has 6 nitrogen and oxygen atoms in total. The number of hydrogen-bond donors (Lipinski definition) is 0. The van der Waals surface area contributed by atoms with Crippen LogP contribution >= 0.6 is 0 Å². The minimum absolute atomic E-state index is 0.206. The van der Waals surface area contributed by atoms with E-state index in [2.05, 4.69) is 15.3 Å². The Bertz CT molecular complexity index is 773. The minimum atomic E-state index is 0.206. The molecule has 1 aliphatic heterocycles. The molecule has 2 aromatic heterocycles. The highest BCUT2D eigenvalue weighted by molar-refractivity contribution is 5.77. The van der Waals surface area contributed by atoms with Crippen LogP contribution in [0.4, 0.5) is 0 Å². The predicted molar refractivity (Wildman–Crippen MR) is 78.1 cm³/mol. The van der Waals surface area contributed by atoms with Crippen molar-refractivity contribution in [3.05, 3.63) is 41.9 Å². The fraction of sp³-hybridized carbons (Fsp3) is 0.312. The van der Waals surface area contributed by atoms with Crippen LogP contribution in [0.2, 0.25) is 0 Å². The van der Waals surface area contributed by atoms with E-state index in [0.29, 0.717) is 24.1 Å². The quantitative estimate of drug-likeness (QED) is 0.739. The van der Waals surface area contributed by atoms with Gasteiger partial charge in [-0.15, -0.1) is 0 Å². The number of ether oxygens (including phenoxy) is 1. The molecule has 3 heterocycles. The highest BCUT2D eigenvalue weighted by Gasteiger charge is 2.26. The van der Waals surface area contributed by atoms with Gasteiger partial charge in [-0.25, -0.2) is 0 Å². The summed E-state index contributed by atoms with van der Waals surface area (Å²) in [5.41, 5.74) is 2.43. The van der Waals surface area contributed by atoms with Crippen LogP contribution in [-0.2, 0) is 4.74 Å². The van der Waals surface area contributed by atoms with Crippen molar-refractivity contribution in [2.45, 2.75) is 19.3 Å². The molecule has 0 N–H and O–H groups in total. The monoisotopic (exact) mass is 297 g/mol. The first-order chi connectivity index (χ1) is 10.8. The molecule has 0 unspecified atom stereocenters. The molecule has 0 saturated carbocycles. The van der Waals surface area contributed by atoms with Gasteiger partial charge in [-0.05, 0) is 13.3 Å². The second kappa shape index (κ2) is 5.38. The van der Waals surface area contributed by atoms with Crippen molar-refractivity contribution >= 4 is 0 Å². The number of aryl methyl sites for hydroxylation is 1. The normalized spacial score (nSPS) is 18.0. The number of hydrogen-bond acceptors (Lipinski definition) is 6. The maximum atomic E-state index is 5.45. The maximum absolute atomic E-state index is 5.45. The molecule has 1 fully saturated rings. The Morgan fingerprint density at radius 1 is 1.09 bits per heavy atom. The van der Waals surface area contributed by atoms with Crippen molar-refractivity contribution in [3.63, 3.8) is 0 Å². The molecule has 1 aromatic carbocycles. The van der Waals surface area contributed by atoms with E-state index in [1.54, 1.807) is 0 Å².